The van der Waals surface area contributed by atoms with Crippen LogP contribution in [-0.4, -0.2) is 30.8 Å². The molecule has 21 heavy (non-hydrogen) atoms. The number of nitrogens with zero attached hydrogens (tertiary/aromatic N) is 1. The van der Waals surface area contributed by atoms with Crippen molar-refractivity contribution in [2.75, 3.05) is 13.7 Å². The number of nitriles is 1. The van der Waals surface area contributed by atoms with Crippen LogP contribution < -0.4 is 10.1 Å². The van der Waals surface area contributed by atoms with Crippen molar-refractivity contribution in [3.63, 3.8) is 0 Å². The molecule has 0 radical (unpaired) electrons. The van der Waals surface area contributed by atoms with Crippen LogP contribution in [0, 0.1) is 11.3 Å². The Morgan fingerprint density at radius 2 is 2.24 bits per heavy atom. The van der Waals surface area contributed by atoms with Crippen LogP contribution in [0.4, 0.5) is 0 Å². The van der Waals surface area contributed by atoms with Crippen LogP contribution in [0.15, 0.2) is 24.3 Å². The number of ether oxygens (including phenoxy) is 1. The highest BCUT2D eigenvalue weighted by Crippen LogP contribution is 2.39. The molecule has 0 heterocycles. The zero-order valence-electron chi connectivity index (χ0n) is 12.1. The van der Waals surface area contributed by atoms with Crippen LogP contribution in [0.25, 0.3) is 0 Å². The van der Waals surface area contributed by atoms with Gasteiger partial charge in [0.1, 0.15) is 5.75 Å². The maximum absolute atomic E-state index is 10.7. The normalized spacial score (nSPS) is 25.0. The van der Waals surface area contributed by atoms with E-state index in [1.54, 1.807) is 7.11 Å². The SMILES string of the molecule is COc1ccc(C2(C#N)CCCC(NCC(=O)O)C2)cc1. The van der Waals surface area contributed by atoms with Crippen molar-refractivity contribution in [1.29, 1.82) is 5.26 Å². The van der Waals surface area contributed by atoms with Gasteiger partial charge in [0.25, 0.3) is 0 Å². The van der Waals surface area contributed by atoms with Gasteiger partial charge in [-0.1, -0.05) is 12.1 Å². The van der Waals surface area contributed by atoms with Crippen molar-refractivity contribution in [2.45, 2.75) is 37.1 Å². The summed E-state index contributed by atoms with van der Waals surface area (Å²) >= 11 is 0. The third-order valence-electron chi connectivity index (χ3n) is 4.15. The topological polar surface area (TPSA) is 82.3 Å². The quantitative estimate of drug-likeness (QED) is 0.866. The summed E-state index contributed by atoms with van der Waals surface area (Å²) in [6.45, 7) is -0.0607. The fourth-order valence-electron chi connectivity index (χ4n) is 3.02. The second kappa shape index (κ2) is 6.59. The van der Waals surface area contributed by atoms with Gasteiger partial charge < -0.3 is 15.2 Å². The molecule has 2 atom stereocenters. The van der Waals surface area contributed by atoms with E-state index in [-0.39, 0.29) is 12.6 Å². The zero-order valence-corrected chi connectivity index (χ0v) is 12.1. The van der Waals surface area contributed by atoms with Crippen LogP contribution >= 0.6 is 0 Å². The Bertz CT molecular complexity index is 535. The number of benzene rings is 1. The Kier molecular flexibility index (Phi) is 4.81. The average Bonchev–Trinajstić information content (AvgIpc) is 2.53. The third kappa shape index (κ3) is 3.53. The number of hydrogen-bond acceptors (Lipinski definition) is 4. The van der Waals surface area contributed by atoms with Crippen molar-refractivity contribution < 1.29 is 14.6 Å². The van der Waals surface area contributed by atoms with Gasteiger partial charge in [-0.3, -0.25) is 4.79 Å². The zero-order chi connectivity index (χ0) is 15.3. The molecule has 5 heteroatoms. The lowest BCUT2D eigenvalue weighted by molar-refractivity contribution is -0.136. The van der Waals surface area contributed by atoms with E-state index < -0.39 is 11.4 Å². The number of methoxy groups -OCH3 is 1. The average molecular weight is 288 g/mol. The molecule has 0 bridgehead atoms. The van der Waals surface area contributed by atoms with Crippen LogP contribution in [0.2, 0.25) is 0 Å². The van der Waals surface area contributed by atoms with Crippen LogP contribution in [0.1, 0.15) is 31.2 Å². The first kappa shape index (κ1) is 15.3. The summed E-state index contributed by atoms with van der Waals surface area (Å²) in [6.07, 6.45) is 3.27. The van der Waals surface area contributed by atoms with Crippen molar-refractivity contribution in [3.05, 3.63) is 29.8 Å². The van der Waals surface area contributed by atoms with E-state index in [2.05, 4.69) is 11.4 Å². The molecular formula is C16H20N2O3. The van der Waals surface area contributed by atoms with Gasteiger partial charge in [0.2, 0.25) is 0 Å². The summed E-state index contributed by atoms with van der Waals surface area (Å²) < 4.78 is 5.15. The molecular weight excluding hydrogens is 268 g/mol. The van der Waals surface area contributed by atoms with E-state index in [4.69, 9.17) is 9.84 Å². The maximum atomic E-state index is 10.7. The van der Waals surface area contributed by atoms with E-state index in [1.165, 1.54) is 0 Å². The number of rotatable bonds is 5. The highest BCUT2D eigenvalue weighted by molar-refractivity contribution is 5.69. The molecule has 0 aromatic heterocycles. The Labute approximate surface area is 124 Å². The van der Waals surface area contributed by atoms with Crippen LogP contribution in [0.3, 0.4) is 0 Å². The number of carboxylic acid groups (broad SMARTS) is 1. The predicted molar refractivity (Wildman–Crippen MR) is 78.2 cm³/mol. The first-order valence-electron chi connectivity index (χ1n) is 7.10. The Hall–Kier alpha value is -2.06. The molecule has 0 amide bonds. The van der Waals surface area contributed by atoms with Crippen molar-refractivity contribution in [1.82, 2.24) is 5.32 Å². The van der Waals surface area contributed by atoms with Crippen LogP contribution in [-0.2, 0) is 10.2 Å². The Balaban J connectivity index is 2.15. The second-order valence-corrected chi connectivity index (χ2v) is 5.49. The fraction of sp³-hybridized carbons (Fsp3) is 0.500. The minimum atomic E-state index is -0.868. The maximum Gasteiger partial charge on any atom is 0.317 e. The smallest absolute Gasteiger partial charge is 0.317 e. The van der Waals surface area contributed by atoms with Gasteiger partial charge >= 0.3 is 5.97 Å². The lowest BCUT2D eigenvalue weighted by Gasteiger charge is -2.36. The Morgan fingerprint density at radius 3 is 2.81 bits per heavy atom. The van der Waals surface area contributed by atoms with E-state index in [9.17, 15) is 10.1 Å². The standard InChI is InChI=1S/C16H20N2O3/c1-21-14-6-4-12(5-7-14)16(11-17)8-2-3-13(9-16)18-10-15(19)20/h4-7,13,18H,2-3,8-10H2,1H3,(H,19,20). The van der Waals surface area contributed by atoms with Gasteiger partial charge in [0.15, 0.2) is 0 Å². The second-order valence-electron chi connectivity index (χ2n) is 5.49. The minimum absolute atomic E-state index is 0.0607. The minimum Gasteiger partial charge on any atom is -0.497 e. The van der Waals surface area contributed by atoms with Crippen molar-refractivity contribution >= 4 is 5.97 Å². The lowest BCUT2D eigenvalue weighted by atomic mass is 9.69. The Morgan fingerprint density at radius 1 is 1.52 bits per heavy atom. The van der Waals surface area contributed by atoms with Gasteiger partial charge in [-0.15, -0.1) is 0 Å². The summed E-state index contributed by atoms with van der Waals surface area (Å²) in [7, 11) is 1.61. The molecule has 2 unspecified atom stereocenters. The first-order valence-corrected chi connectivity index (χ1v) is 7.10. The fourth-order valence-corrected chi connectivity index (χ4v) is 3.02. The number of carboxylic acids is 1. The van der Waals surface area contributed by atoms with E-state index in [0.717, 1.165) is 30.6 Å². The molecule has 1 aromatic carbocycles. The van der Waals surface area contributed by atoms with Crippen LogP contribution in [0.5, 0.6) is 5.75 Å². The molecule has 5 nitrogen and oxygen atoms in total. The molecule has 112 valence electrons. The summed E-state index contributed by atoms with van der Waals surface area (Å²) in [4.78, 5) is 10.7. The summed E-state index contributed by atoms with van der Waals surface area (Å²) in [5, 5.41) is 21.5. The lowest BCUT2D eigenvalue weighted by Crippen LogP contribution is -2.43. The largest absolute Gasteiger partial charge is 0.497 e. The highest BCUT2D eigenvalue weighted by Gasteiger charge is 2.38. The van der Waals surface area contributed by atoms with Gasteiger partial charge in [-0.2, -0.15) is 5.26 Å². The monoisotopic (exact) mass is 288 g/mol. The molecule has 1 fully saturated rings. The van der Waals surface area contributed by atoms with Gasteiger partial charge in [0, 0.05) is 6.04 Å². The molecule has 1 aliphatic rings. The summed E-state index contributed by atoms with van der Waals surface area (Å²) in [5.74, 6) is -0.101. The number of hydrogen-bond donors (Lipinski definition) is 2. The number of nitrogens with one attached hydrogen (secondary N) is 1. The first-order chi connectivity index (χ1) is 10.1. The number of aliphatic carboxylic acids is 1. The molecule has 0 spiro atoms. The molecule has 2 N–H and O–H groups in total. The van der Waals surface area contributed by atoms with Gasteiger partial charge in [-0.05, 0) is 43.4 Å². The van der Waals surface area contributed by atoms with Gasteiger partial charge in [-0.25, -0.2) is 0 Å². The third-order valence-corrected chi connectivity index (χ3v) is 4.15. The summed E-state index contributed by atoms with van der Waals surface area (Å²) in [5.41, 5.74) is 0.438. The van der Waals surface area contributed by atoms with Gasteiger partial charge in [0.05, 0.1) is 25.1 Å². The van der Waals surface area contributed by atoms with Crippen molar-refractivity contribution in [2.24, 2.45) is 0 Å². The molecule has 2 rings (SSSR count). The summed E-state index contributed by atoms with van der Waals surface area (Å²) in [6, 6.07) is 10.1. The van der Waals surface area contributed by atoms with E-state index in [0.29, 0.717) is 6.42 Å². The molecule has 1 aromatic rings. The molecule has 0 saturated heterocycles. The van der Waals surface area contributed by atoms with E-state index >= 15 is 0 Å². The number of carbonyl (C=O) groups is 1. The molecule has 0 aliphatic heterocycles. The van der Waals surface area contributed by atoms with Crippen molar-refractivity contribution in [3.8, 4) is 11.8 Å². The highest BCUT2D eigenvalue weighted by atomic mass is 16.5. The molecule has 1 aliphatic carbocycles. The molecule has 1 saturated carbocycles. The van der Waals surface area contributed by atoms with E-state index in [1.807, 2.05) is 24.3 Å². The predicted octanol–water partition coefficient (Wildman–Crippen LogP) is 2.07.